The summed E-state index contributed by atoms with van der Waals surface area (Å²) in [7, 11) is 0. The van der Waals surface area contributed by atoms with Crippen LogP contribution in [0.15, 0.2) is 41.8 Å². The van der Waals surface area contributed by atoms with Crippen molar-refractivity contribution in [2.75, 3.05) is 25.0 Å². The molecule has 1 amide bonds. The molecule has 0 atom stereocenters. The minimum Gasteiger partial charge on any atom is -0.396 e. The van der Waals surface area contributed by atoms with Crippen molar-refractivity contribution in [1.82, 2.24) is 4.90 Å². The van der Waals surface area contributed by atoms with Crippen LogP contribution in [0.5, 0.6) is 0 Å². The van der Waals surface area contributed by atoms with Crippen LogP contribution in [0.4, 0.5) is 5.69 Å². The summed E-state index contributed by atoms with van der Waals surface area (Å²) in [6.45, 7) is 4.28. The number of hydrogen-bond acceptors (Lipinski definition) is 4. The number of unbranched alkanes of at least 4 members (excludes halogenated alkanes) is 1. The first-order chi connectivity index (χ1) is 11.2. The molecule has 23 heavy (non-hydrogen) atoms. The second-order valence-electron chi connectivity index (χ2n) is 5.33. The first kappa shape index (κ1) is 17.5. The van der Waals surface area contributed by atoms with Gasteiger partial charge in [0, 0.05) is 42.4 Å². The Morgan fingerprint density at radius 2 is 2.13 bits per heavy atom. The van der Waals surface area contributed by atoms with E-state index in [9.17, 15) is 4.79 Å². The van der Waals surface area contributed by atoms with Crippen molar-refractivity contribution in [3.63, 3.8) is 0 Å². The predicted molar refractivity (Wildman–Crippen MR) is 96.0 cm³/mol. The van der Waals surface area contributed by atoms with Gasteiger partial charge in [0.15, 0.2) is 0 Å². The van der Waals surface area contributed by atoms with Crippen molar-refractivity contribution >= 4 is 22.9 Å². The molecule has 2 aromatic rings. The normalized spacial score (nSPS) is 10.5. The summed E-state index contributed by atoms with van der Waals surface area (Å²) in [5.41, 5.74) is 1.66. The number of amides is 1. The number of nitrogens with one attached hydrogen (secondary N) is 1. The summed E-state index contributed by atoms with van der Waals surface area (Å²) < 4.78 is 0. The van der Waals surface area contributed by atoms with E-state index in [0.29, 0.717) is 18.7 Å². The molecule has 0 saturated carbocycles. The molecule has 0 unspecified atom stereocenters. The van der Waals surface area contributed by atoms with Crippen molar-refractivity contribution in [2.24, 2.45) is 0 Å². The molecule has 0 bridgehead atoms. The van der Waals surface area contributed by atoms with Crippen LogP contribution in [0.25, 0.3) is 0 Å². The smallest absolute Gasteiger partial charge is 0.253 e. The maximum absolute atomic E-state index is 12.6. The lowest BCUT2D eigenvalue weighted by molar-refractivity contribution is 0.0759. The van der Waals surface area contributed by atoms with Crippen LogP contribution in [0.1, 0.15) is 35.0 Å². The second-order valence-corrected chi connectivity index (χ2v) is 6.36. The van der Waals surface area contributed by atoms with Gasteiger partial charge in [-0.1, -0.05) is 12.1 Å². The van der Waals surface area contributed by atoms with Gasteiger partial charge in [-0.3, -0.25) is 4.79 Å². The summed E-state index contributed by atoms with van der Waals surface area (Å²) in [6, 6.07) is 11.8. The number of nitrogens with zero attached hydrogens (tertiary/aromatic N) is 1. The fourth-order valence-corrected chi connectivity index (χ4v) is 3.01. The zero-order valence-electron chi connectivity index (χ0n) is 13.5. The number of carbonyl (C=O) groups is 1. The Labute approximate surface area is 141 Å². The first-order valence-corrected chi connectivity index (χ1v) is 8.89. The largest absolute Gasteiger partial charge is 0.396 e. The summed E-state index contributed by atoms with van der Waals surface area (Å²) in [4.78, 5) is 15.7. The molecular weight excluding hydrogens is 308 g/mol. The lowest BCUT2D eigenvalue weighted by atomic mass is 10.1. The molecule has 0 aliphatic carbocycles. The van der Waals surface area contributed by atoms with Crippen LogP contribution >= 0.6 is 11.3 Å². The molecule has 124 valence electrons. The van der Waals surface area contributed by atoms with Crippen molar-refractivity contribution in [3.05, 3.63) is 52.2 Å². The molecule has 0 radical (unpaired) electrons. The van der Waals surface area contributed by atoms with Crippen molar-refractivity contribution in [1.29, 1.82) is 0 Å². The van der Waals surface area contributed by atoms with E-state index in [1.165, 1.54) is 4.88 Å². The number of aliphatic hydroxyl groups is 1. The Balaban J connectivity index is 1.97. The first-order valence-electron chi connectivity index (χ1n) is 8.01. The Morgan fingerprint density at radius 1 is 1.26 bits per heavy atom. The number of thiophene rings is 1. The van der Waals surface area contributed by atoms with Gasteiger partial charge < -0.3 is 15.3 Å². The highest BCUT2D eigenvalue weighted by atomic mass is 32.1. The third-order valence-corrected chi connectivity index (χ3v) is 4.54. The molecule has 4 nitrogen and oxygen atoms in total. The third kappa shape index (κ3) is 5.37. The lowest BCUT2D eigenvalue weighted by Gasteiger charge is -2.21. The minimum atomic E-state index is 0.0465. The molecule has 2 rings (SSSR count). The third-order valence-electron chi connectivity index (χ3n) is 3.66. The molecule has 0 aliphatic rings. The molecule has 2 N–H and O–H groups in total. The highest BCUT2D eigenvalue weighted by molar-refractivity contribution is 7.09. The quantitative estimate of drug-likeness (QED) is 0.690. The fraction of sp³-hybridized carbons (Fsp3) is 0.389. The number of benzene rings is 1. The number of aliphatic hydroxyl groups excluding tert-OH is 1. The van der Waals surface area contributed by atoms with E-state index in [1.54, 1.807) is 11.3 Å². The molecule has 1 heterocycles. The van der Waals surface area contributed by atoms with Gasteiger partial charge in [-0.25, -0.2) is 0 Å². The summed E-state index contributed by atoms with van der Waals surface area (Å²) >= 11 is 1.71. The highest BCUT2D eigenvalue weighted by Crippen LogP contribution is 2.16. The monoisotopic (exact) mass is 332 g/mol. The molecule has 5 heteroatoms. The number of hydrogen-bond donors (Lipinski definition) is 2. The van der Waals surface area contributed by atoms with E-state index in [2.05, 4.69) is 16.8 Å². The number of anilines is 1. The van der Waals surface area contributed by atoms with Gasteiger partial charge in [0.2, 0.25) is 0 Å². The maximum Gasteiger partial charge on any atom is 0.253 e. The lowest BCUT2D eigenvalue weighted by Crippen LogP contribution is -2.31. The van der Waals surface area contributed by atoms with Gasteiger partial charge in [0.1, 0.15) is 0 Å². The van der Waals surface area contributed by atoms with Gasteiger partial charge in [-0.15, -0.1) is 11.3 Å². The predicted octanol–water partition coefficient (Wildman–Crippen LogP) is 3.59. The summed E-state index contributed by atoms with van der Waals surface area (Å²) in [5, 5.41) is 14.3. The van der Waals surface area contributed by atoms with Crippen LogP contribution in [-0.4, -0.2) is 35.6 Å². The minimum absolute atomic E-state index is 0.0465. The Kier molecular flexibility index (Phi) is 7.10. The average Bonchev–Trinajstić information content (AvgIpc) is 3.10. The standard InChI is InChI=1S/C18H24N2O2S/c1-2-20(10-3-4-11-21)18(22)15-7-5-8-16(13-15)19-14-17-9-6-12-23-17/h5-9,12-13,19,21H,2-4,10-11,14H2,1H3. The second kappa shape index (κ2) is 9.33. The SMILES string of the molecule is CCN(CCCCO)C(=O)c1cccc(NCc2cccs2)c1. The summed E-state index contributed by atoms with van der Waals surface area (Å²) in [5.74, 6) is 0.0465. The van der Waals surface area contributed by atoms with Gasteiger partial charge in [0.25, 0.3) is 5.91 Å². The molecular formula is C18H24N2O2S. The molecule has 0 saturated heterocycles. The topological polar surface area (TPSA) is 52.6 Å². The van der Waals surface area contributed by atoms with Crippen LogP contribution in [0.3, 0.4) is 0 Å². The van der Waals surface area contributed by atoms with E-state index in [0.717, 1.165) is 25.1 Å². The number of carbonyl (C=O) groups excluding carboxylic acids is 1. The van der Waals surface area contributed by atoms with Crippen molar-refractivity contribution in [2.45, 2.75) is 26.3 Å². The van der Waals surface area contributed by atoms with E-state index in [1.807, 2.05) is 42.2 Å². The molecule has 1 aromatic heterocycles. The van der Waals surface area contributed by atoms with Crippen molar-refractivity contribution < 1.29 is 9.90 Å². The van der Waals surface area contributed by atoms with Crippen LogP contribution < -0.4 is 5.32 Å². The molecule has 0 aliphatic heterocycles. The highest BCUT2D eigenvalue weighted by Gasteiger charge is 2.14. The Hall–Kier alpha value is -1.85. The van der Waals surface area contributed by atoms with Crippen molar-refractivity contribution in [3.8, 4) is 0 Å². The average molecular weight is 332 g/mol. The van der Waals surface area contributed by atoms with E-state index >= 15 is 0 Å². The van der Waals surface area contributed by atoms with E-state index < -0.39 is 0 Å². The molecule has 0 spiro atoms. The molecule has 1 aromatic carbocycles. The van der Waals surface area contributed by atoms with Gasteiger partial charge in [-0.05, 0) is 49.4 Å². The zero-order valence-corrected chi connectivity index (χ0v) is 14.3. The summed E-state index contributed by atoms with van der Waals surface area (Å²) in [6.07, 6.45) is 1.55. The van der Waals surface area contributed by atoms with Gasteiger partial charge >= 0.3 is 0 Å². The fourth-order valence-electron chi connectivity index (χ4n) is 2.36. The number of rotatable bonds is 9. The van der Waals surface area contributed by atoms with Crippen LogP contribution in [0, 0.1) is 0 Å². The zero-order chi connectivity index (χ0) is 16.5. The maximum atomic E-state index is 12.6. The Bertz CT molecular complexity index is 599. The van der Waals surface area contributed by atoms with Crippen LogP contribution in [0.2, 0.25) is 0 Å². The van der Waals surface area contributed by atoms with Gasteiger partial charge in [-0.2, -0.15) is 0 Å². The molecule has 0 fully saturated rings. The Morgan fingerprint density at radius 3 is 2.83 bits per heavy atom. The van der Waals surface area contributed by atoms with Gasteiger partial charge in [0.05, 0.1) is 0 Å². The van der Waals surface area contributed by atoms with Crippen LogP contribution in [-0.2, 0) is 6.54 Å². The van der Waals surface area contributed by atoms with E-state index in [4.69, 9.17) is 5.11 Å². The van der Waals surface area contributed by atoms with E-state index in [-0.39, 0.29) is 12.5 Å².